The molecule has 1 N–H and O–H groups in total. The molecule has 20 heavy (non-hydrogen) atoms. The number of hydrogen-bond acceptors (Lipinski definition) is 2. The van der Waals surface area contributed by atoms with Gasteiger partial charge in [0.15, 0.2) is 5.82 Å². The first-order chi connectivity index (χ1) is 9.51. The Morgan fingerprint density at radius 3 is 2.55 bits per heavy atom. The molecule has 1 heterocycles. The minimum Gasteiger partial charge on any atom is -0.384 e. The fraction of sp³-hybridized carbons (Fsp3) is 0.400. The highest BCUT2D eigenvalue weighted by Gasteiger charge is 2.19. The fourth-order valence-corrected chi connectivity index (χ4v) is 2.87. The average molecular weight is 343 g/mol. The number of nitrogens with zero attached hydrogens (tertiary/aromatic N) is 1. The Bertz CT molecular complexity index is 656. The molecule has 2 rings (SSSR count). The highest BCUT2D eigenvalue weighted by atomic mass is 79.9. The predicted octanol–water partition coefficient (Wildman–Crippen LogP) is 4.97. The van der Waals surface area contributed by atoms with Crippen molar-refractivity contribution < 1.29 is 8.78 Å². The van der Waals surface area contributed by atoms with Crippen molar-refractivity contribution in [3.63, 3.8) is 0 Å². The van der Waals surface area contributed by atoms with Crippen LogP contribution >= 0.6 is 15.9 Å². The molecule has 1 aromatic heterocycles. The summed E-state index contributed by atoms with van der Waals surface area (Å²) in [7, 11) is 0. The summed E-state index contributed by atoms with van der Waals surface area (Å²) in [5.41, 5.74) is 2.75. The summed E-state index contributed by atoms with van der Waals surface area (Å²) < 4.78 is 28.1. The monoisotopic (exact) mass is 342 g/mol. The second-order valence-corrected chi connectivity index (χ2v) is 5.50. The van der Waals surface area contributed by atoms with Crippen LogP contribution in [0.15, 0.2) is 10.5 Å². The lowest BCUT2D eigenvalue weighted by Crippen LogP contribution is -2.08. The summed E-state index contributed by atoms with van der Waals surface area (Å²) in [4.78, 5) is 4.30. The number of nitrogens with one attached hydrogen (secondary N) is 1. The van der Waals surface area contributed by atoms with E-state index in [0.29, 0.717) is 5.39 Å². The standard InChI is InChI=1S/C15H17BrF2N2/c1-4-6-19-14-9(5-2)8(3)20-15-11(18)7-10(17)13(16)12(14)15/h7H,4-6H2,1-3H3,(H,19,20). The molecule has 2 nitrogen and oxygen atoms in total. The third-order valence-corrected chi connectivity index (χ3v) is 4.09. The van der Waals surface area contributed by atoms with Gasteiger partial charge in [-0.1, -0.05) is 13.8 Å². The Kier molecular flexibility index (Phi) is 4.58. The van der Waals surface area contributed by atoms with Crippen LogP contribution in [0.25, 0.3) is 10.9 Å². The number of anilines is 1. The predicted molar refractivity (Wildman–Crippen MR) is 82.3 cm³/mol. The SMILES string of the molecule is CCCNc1c(CC)c(C)nc2c(F)cc(F)c(Br)c12. The summed E-state index contributed by atoms with van der Waals surface area (Å²) >= 11 is 3.22. The Morgan fingerprint density at radius 1 is 1.25 bits per heavy atom. The number of halogens is 3. The van der Waals surface area contributed by atoms with Crippen LogP contribution in [0.4, 0.5) is 14.5 Å². The molecule has 0 unspecified atom stereocenters. The van der Waals surface area contributed by atoms with Crippen LogP contribution in [0.5, 0.6) is 0 Å². The van der Waals surface area contributed by atoms with Crippen molar-refractivity contribution in [3.8, 4) is 0 Å². The van der Waals surface area contributed by atoms with Gasteiger partial charge in [0.2, 0.25) is 0 Å². The molecule has 108 valence electrons. The maximum atomic E-state index is 14.0. The van der Waals surface area contributed by atoms with E-state index in [0.717, 1.165) is 42.4 Å². The van der Waals surface area contributed by atoms with E-state index >= 15 is 0 Å². The van der Waals surface area contributed by atoms with E-state index in [1.54, 1.807) is 0 Å². The Hall–Kier alpha value is -1.23. The summed E-state index contributed by atoms with van der Waals surface area (Å²) in [5, 5.41) is 3.77. The largest absolute Gasteiger partial charge is 0.384 e. The average Bonchev–Trinajstić information content (AvgIpc) is 2.42. The van der Waals surface area contributed by atoms with Crippen LogP contribution in [0.1, 0.15) is 31.5 Å². The third-order valence-electron chi connectivity index (χ3n) is 3.32. The smallest absolute Gasteiger partial charge is 0.152 e. The molecular formula is C15H17BrF2N2. The van der Waals surface area contributed by atoms with Gasteiger partial charge in [-0.2, -0.15) is 0 Å². The van der Waals surface area contributed by atoms with Gasteiger partial charge in [-0.25, -0.2) is 13.8 Å². The molecule has 1 aromatic carbocycles. The quantitative estimate of drug-likeness (QED) is 0.793. The highest BCUT2D eigenvalue weighted by Crippen LogP contribution is 2.37. The first kappa shape index (κ1) is 15.2. The van der Waals surface area contributed by atoms with E-state index < -0.39 is 11.6 Å². The topological polar surface area (TPSA) is 24.9 Å². The van der Waals surface area contributed by atoms with Gasteiger partial charge in [-0.15, -0.1) is 0 Å². The molecule has 2 aromatic rings. The minimum absolute atomic E-state index is 0.201. The maximum Gasteiger partial charge on any atom is 0.152 e. The first-order valence-electron chi connectivity index (χ1n) is 6.71. The van der Waals surface area contributed by atoms with Crippen molar-refractivity contribution in [3.05, 3.63) is 33.4 Å². The van der Waals surface area contributed by atoms with E-state index in [9.17, 15) is 8.78 Å². The van der Waals surface area contributed by atoms with Crippen molar-refractivity contribution >= 4 is 32.5 Å². The molecule has 5 heteroatoms. The van der Waals surface area contributed by atoms with Crippen molar-refractivity contribution in [2.24, 2.45) is 0 Å². The lowest BCUT2D eigenvalue weighted by Gasteiger charge is -2.17. The number of hydrogen-bond donors (Lipinski definition) is 1. The molecule has 0 amide bonds. The zero-order valence-electron chi connectivity index (χ0n) is 11.8. The zero-order chi connectivity index (χ0) is 14.9. The summed E-state index contributed by atoms with van der Waals surface area (Å²) in [6.45, 7) is 6.66. The van der Waals surface area contributed by atoms with E-state index in [-0.39, 0.29) is 9.99 Å². The second kappa shape index (κ2) is 6.04. The van der Waals surface area contributed by atoms with Gasteiger partial charge < -0.3 is 5.32 Å². The van der Waals surface area contributed by atoms with Gasteiger partial charge in [0.05, 0.1) is 4.47 Å². The molecule has 0 saturated carbocycles. The van der Waals surface area contributed by atoms with Crippen molar-refractivity contribution in [1.29, 1.82) is 0 Å². The van der Waals surface area contributed by atoms with Crippen LogP contribution < -0.4 is 5.32 Å². The van der Waals surface area contributed by atoms with Crippen LogP contribution in [0, 0.1) is 18.6 Å². The molecule has 0 atom stereocenters. The number of fused-ring (bicyclic) bond motifs is 1. The van der Waals surface area contributed by atoms with Crippen molar-refractivity contribution in [1.82, 2.24) is 4.98 Å². The highest BCUT2D eigenvalue weighted by molar-refractivity contribution is 9.10. The molecule has 0 bridgehead atoms. The normalized spacial score (nSPS) is 11.1. The summed E-state index contributed by atoms with van der Waals surface area (Å²) in [6.07, 6.45) is 1.69. The number of aromatic nitrogens is 1. The number of pyridine rings is 1. The van der Waals surface area contributed by atoms with Crippen molar-refractivity contribution in [2.75, 3.05) is 11.9 Å². The van der Waals surface area contributed by atoms with Gasteiger partial charge in [-0.3, -0.25) is 0 Å². The van der Waals surface area contributed by atoms with Crippen LogP contribution in [-0.2, 0) is 6.42 Å². The number of rotatable bonds is 4. The Labute approximate surface area is 125 Å². The molecule has 0 fully saturated rings. The third kappa shape index (κ3) is 2.51. The van der Waals surface area contributed by atoms with Gasteiger partial charge in [0.1, 0.15) is 11.3 Å². The van der Waals surface area contributed by atoms with Gasteiger partial charge in [0.25, 0.3) is 0 Å². The zero-order valence-corrected chi connectivity index (χ0v) is 13.4. The lowest BCUT2D eigenvalue weighted by molar-refractivity contribution is 0.586. The van der Waals surface area contributed by atoms with Gasteiger partial charge in [-0.05, 0) is 41.3 Å². The Balaban J connectivity index is 2.87. The Morgan fingerprint density at radius 2 is 1.95 bits per heavy atom. The van der Waals surface area contributed by atoms with E-state index in [1.165, 1.54) is 0 Å². The van der Waals surface area contributed by atoms with Crippen LogP contribution in [0.2, 0.25) is 0 Å². The minimum atomic E-state index is -0.633. The molecule has 0 radical (unpaired) electrons. The van der Waals surface area contributed by atoms with Gasteiger partial charge >= 0.3 is 0 Å². The summed E-state index contributed by atoms with van der Waals surface area (Å²) in [6, 6.07) is 0.869. The van der Waals surface area contributed by atoms with Crippen LogP contribution in [-0.4, -0.2) is 11.5 Å². The fourth-order valence-electron chi connectivity index (χ4n) is 2.37. The van der Waals surface area contributed by atoms with Crippen LogP contribution in [0.3, 0.4) is 0 Å². The molecular weight excluding hydrogens is 326 g/mol. The van der Waals surface area contributed by atoms with E-state index in [2.05, 4.69) is 26.2 Å². The van der Waals surface area contributed by atoms with Crippen molar-refractivity contribution in [2.45, 2.75) is 33.6 Å². The molecule has 0 saturated heterocycles. The summed E-state index contributed by atoms with van der Waals surface area (Å²) in [5.74, 6) is -1.24. The molecule has 0 aliphatic heterocycles. The van der Waals surface area contributed by atoms with E-state index in [1.807, 2.05) is 20.8 Å². The molecule has 0 aliphatic carbocycles. The lowest BCUT2D eigenvalue weighted by atomic mass is 10.0. The van der Waals surface area contributed by atoms with Gasteiger partial charge in [0, 0.05) is 29.4 Å². The second-order valence-electron chi connectivity index (χ2n) is 4.71. The number of aryl methyl sites for hydroxylation is 1. The molecule has 0 spiro atoms. The van der Waals surface area contributed by atoms with E-state index in [4.69, 9.17) is 0 Å². The first-order valence-corrected chi connectivity index (χ1v) is 7.51. The number of benzene rings is 1. The molecule has 0 aliphatic rings. The maximum absolute atomic E-state index is 14.0.